The van der Waals surface area contributed by atoms with E-state index in [4.69, 9.17) is 4.55 Å². The van der Waals surface area contributed by atoms with E-state index in [-0.39, 0.29) is 10.7 Å². The molecule has 1 aliphatic carbocycles. The van der Waals surface area contributed by atoms with Crippen molar-refractivity contribution in [2.24, 2.45) is 5.92 Å². The molecule has 0 saturated carbocycles. The number of carbonyl (C=O) groups is 1. The molecule has 164 valence electrons. The number of hydrogen-bond donors (Lipinski definition) is 2. The Kier molecular flexibility index (Phi) is 5.12. The molecule has 32 heavy (non-hydrogen) atoms. The van der Waals surface area contributed by atoms with Crippen LogP contribution >= 0.6 is 0 Å². The summed E-state index contributed by atoms with van der Waals surface area (Å²) in [5.41, 5.74) is 6.00. The molecule has 0 radical (unpaired) electrons. The molecule has 2 atom stereocenters. The van der Waals surface area contributed by atoms with Crippen LogP contribution in [0.15, 0.2) is 71.6 Å². The number of rotatable bonds is 2. The minimum Gasteiger partial charge on any atom is -0.370 e. The third-order valence-electron chi connectivity index (χ3n) is 6.48. The molecule has 2 fully saturated rings. The van der Waals surface area contributed by atoms with Crippen molar-refractivity contribution in [2.45, 2.75) is 17.9 Å². The van der Waals surface area contributed by atoms with Crippen molar-refractivity contribution in [1.29, 1.82) is 0 Å². The lowest BCUT2D eigenvalue weighted by Crippen LogP contribution is -2.51. The van der Waals surface area contributed by atoms with E-state index in [1.165, 1.54) is 17.8 Å². The highest BCUT2D eigenvalue weighted by Gasteiger charge is 2.39. The minimum atomic E-state index is -4.02. The van der Waals surface area contributed by atoms with Crippen LogP contribution in [0.25, 0.3) is 11.1 Å². The van der Waals surface area contributed by atoms with E-state index in [0.29, 0.717) is 6.04 Å². The molecule has 0 bridgehead atoms. The summed E-state index contributed by atoms with van der Waals surface area (Å²) in [7, 11) is -4.02. The Balaban J connectivity index is 0.000000168. The highest BCUT2D eigenvalue weighted by molar-refractivity contribution is 7.85. The number of fused-ring (bicyclic) bond motifs is 4. The molecule has 3 aliphatic rings. The first-order valence-corrected chi connectivity index (χ1v) is 12.1. The molecule has 0 unspecified atom stereocenters. The number of anilines is 1. The smallest absolute Gasteiger partial charge is 0.294 e. The predicted molar refractivity (Wildman–Crippen MR) is 124 cm³/mol. The standard InChI is InChI=1S/C18H16N2O.C7H8O3S/c21-18-15-4-2-1-3-13(15)14-6-5-12(7-16(14)18)20-9-11-8-19-17(11)10-20;1-6-2-4-7(5-3-6)11(8,9)10/h1-7,11,17,19H,8-10H2;2-5H,1H3,(H,8,9,10)/t11-,17+;/m0./s1. The van der Waals surface area contributed by atoms with Crippen LogP contribution in [-0.2, 0) is 10.1 Å². The van der Waals surface area contributed by atoms with E-state index in [0.717, 1.165) is 53.4 Å². The van der Waals surface area contributed by atoms with Gasteiger partial charge >= 0.3 is 0 Å². The van der Waals surface area contributed by atoms with Gasteiger partial charge in [-0.25, -0.2) is 0 Å². The zero-order valence-electron chi connectivity index (χ0n) is 17.7. The minimum absolute atomic E-state index is 0.0666. The van der Waals surface area contributed by atoms with Crippen LogP contribution in [0.3, 0.4) is 0 Å². The Hall–Kier alpha value is -3.00. The molecule has 2 heterocycles. The topological polar surface area (TPSA) is 86.7 Å². The van der Waals surface area contributed by atoms with E-state index >= 15 is 0 Å². The lowest BCUT2D eigenvalue weighted by atomic mass is 9.96. The van der Waals surface area contributed by atoms with Crippen molar-refractivity contribution in [1.82, 2.24) is 5.32 Å². The zero-order chi connectivity index (χ0) is 22.5. The number of nitrogens with one attached hydrogen (secondary N) is 1. The van der Waals surface area contributed by atoms with Gasteiger partial charge in [-0.15, -0.1) is 0 Å². The van der Waals surface area contributed by atoms with Crippen LogP contribution in [0.4, 0.5) is 5.69 Å². The van der Waals surface area contributed by atoms with Crippen molar-refractivity contribution in [2.75, 3.05) is 24.5 Å². The van der Waals surface area contributed by atoms with Crippen LogP contribution in [0.2, 0.25) is 0 Å². The van der Waals surface area contributed by atoms with Gasteiger partial charge in [0.2, 0.25) is 0 Å². The van der Waals surface area contributed by atoms with Crippen molar-refractivity contribution in [3.05, 3.63) is 83.4 Å². The summed E-state index contributed by atoms with van der Waals surface area (Å²) >= 11 is 0. The first-order valence-electron chi connectivity index (χ1n) is 10.6. The average Bonchev–Trinajstić information content (AvgIpc) is 3.22. The molecule has 2 N–H and O–H groups in total. The number of nitrogens with zero attached hydrogens (tertiary/aromatic N) is 1. The fraction of sp³-hybridized carbons (Fsp3) is 0.240. The van der Waals surface area contributed by atoms with E-state index in [2.05, 4.69) is 28.4 Å². The van der Waals surface area contributed by atoms with Crippen LogP contribution in [-0.4, -0.2) is 44.4 Å². The number of ketones is 1. The Morgan fingerprint density at radius 1 is 0.906 bits per heavy atom. The lowest BCUT2D eigenvalue weighted by molar-refractivity contribution is 0.104. The summed E-state index contributed by atoms with van der Waals surface area (Å²) in [5.74, 6) is 0.953. The maximum absolute atomic E-state index is 12.6. The van der Waals surface area contributed by atoms with Gasteiger partial charge in [-0.1, -0.05) is 48.0 Å². The number of hydrogen-bond acceptors (Lipinski definition) is 5. The van der Waals surface area contributed by atoms with Gasteiger partial charge in [-0.3, -0.25) is 9.35 Å². The van der Waals surface area contributed by atoms with Gasteiger partial charge < -0.3 is 10.2 Å². The summed E-state index contributed by atoms with van der Waals surface area (Å²) < 4.78 is 29.6. The van der Waals surface area contributed by atoms with Crippen LogP contribution in [0.1, 0.15) is 21.5 Å². The second kappa shape index (κ2) is 7.85. The molecule has 7 heteroatoms. The van der Waals surface area contributed by atoms with Gasteiger partial charge in [0, 0.05) is 48.4 Å². The molecule has 3 aromatic carbocycles. The number of carbonyl (C=O) groups excluding carboxylic acids is 1. The first-order chi connectivity index (χ1) is 15.3. The molecule has 6 nitrogen and oxygen atoms in total. The highest BCUT2D eigenvalue weighted by Crippen LogP contribution is 2.39. The molecule has 0 aromatic heterocycles. The third-order valence-corrected chi connectivity index (χ3v) is 7.34. The number of benzene rings is 3. The van der Waals surface area contributed by atoms with E-state index in [9.17, 15) is 13.2 Å². The molecule has 6 rings (SSSR count). The molecule has 0 spiro atoms. The average molecular weight is 449 g/mol. The van der Waals surface area contributed by atoms with Gasteiger partial charge in [-0.2, -0.15) is 8.42 Å². The fourth-order valence-corrected chi connectivity index (χ4v) is 5.07. The van der Waals surface area contributed by atoms with Gasteiger partial charge in [0.05, 0.1) is 4.90 Å². The lowest BCUT2D eigenvalue weighted by Gasteiger charge is -2.29. The van der Waals surface area contributed by atoms with E-state index in [1.54, 1.807) is 12.1 Å². The van der Waals surface area contributed by atoms with Crippen LogP contribution < -0.4 is 10.2 Å². The van der Waals surface area contributed by atoms with Crippen LogP contribution in [0.5, 0.6) is 0 Å². The third kappa shape index (κ3) is 3.72. The van der Waals surface area contributed by atoms with E-state index in [1.807, 2.05) is 31.2 Å². The maximum atomic E-state index is 12.6. The largest absolute Gasteiger partial charge is 0.370 e. The molecule has 3 aromatic rings. The second-order valence-electron chi connectivity index (χ2n) is 8.57. The molecular formula is C25H24N2O4S. The fourth-order valence-electron chi connectivity index (χ4n) is 4.59. The van der Waals surface area contributed by atoms with Gasteiger partial charge in [0.15, 0.2) is 5.78 Å². The van der Waals surface area contributed by atoms with Crippen LogP contribution in [0, 0.1) is 12.8 Å². The summed E-state index contributed by atoms with van der Waals surface area (Å²) in [6.45, 7) is 5.15. The Labute approximate surface area is 187 Å². The predicted octanol–water partition coefficient (Wildman–Crippen LogP) is 3.55. The van der Waals surface area contributed by atoms with Crippen molar-refractivity contribution in [3.63, 3.8) is 0 Å². The SMILES string of the molecule is Cc1ccc(S(=O)(=O)O)cc1.O=C1c2ccccc2-c2ccc(N3C[C@@H]4CN[C@@H]4C3)cc21. The quantitative estimate of drug-likeness (QED) is 0.456. The Morgan fingerprint density at radius 2 is 1.59 bits per heavy atom. The molecule has 2 aliphatic heterocycles. The van der Waals surface area contributed by atoms with Gasteiger partial charge in [-0.05, 0) is 42.3 Å². The zero-order valence-corrected chi connectivity index (χ0v) is 18.5. The summed E-state index contributed by atoms with van der Waals surface area (Å²) in [6, 6.07) is 20.9. The second-order valence-corrected chi connectivity index (χ2v) is 9.99. The molecule has 2 saturated heterocycles. The number of aryl methyl sites for hydroxylation is 1. The normalized spacial score (nSPS) is 20.6. The summed E-state index contributed by atoms with van der Waals surface area (Å²) in [5, 5.41) is 3.47. The monoisotopic (exact) mass is 448 g/mol. The molecule has 0 amide bonds. The maximum Gasteiger partial charge on any atom is 0.294 e. The van der Waals surface area contributed by atoms with E-state index < -0.39 is 10.1 Å². The van der Waals surface area contributed by atoms with Crippen molar-refractivity contribution in [3.8, 4) is 11.1 Å². The Bertz CT molecular complexity index is 1290. The highest BCUT2D eigenvalue weighted by atomic mass is 32.2. The molecular weight excluding hydrogens is 424 g/mol. The summed E-state index contributed by atoms with van der Waals surface area (Å²) in [6.07, 6.45) is 0. The Morgan fingerprint density at radius 3 is 2.19 bits per heavy atom. The van der Waals surface area contributed by atoms with Gasteiger partial charge in [0.25, 0.3) is 10.1 Å². The summed E-state index contributed by atoms with van der Waals surface area (Å²) in [4.78, 5) is 14.9. The first kappa shape index (κ1) is 20.9. The van der Waals surface area contributed by atoms with Crippen molar-refractivity contribution < 1.29 is 17.8 Å². The van der Waals surface area contributed by atoms with Gasteiger partial charge in [0.1, 0.15) is 0 Å². The van der Waals surface area contributed by atoms with Crippen molar-refractivity contribution >= 4 is 21.6 Å².